The Kier molecular flexibility index (Phi) is 4.36. The lowest BCUT2D eigenvalue weighted by atomic mass is 10.1. The maximum atomic E-state index is 13.9. The van der Waals surface area contributed by atoms with E-state index >= 15 is 0 Å². The van der Waals surface area contributed by atoms with Crippen molar-refractivity contribution in [2.24, 2.45) is 0 Å². The Balaban J connectivity index is 1.81. The van der Waals surface area contributed by atoms with E-state index in [2.05, 4.69) is 21.2 Å². The van der Waals surface area contributed by atoms with E-state index in [1.165, 1.54) is 6.07 Å². The van der Waals surface area contributed by atoms with Crippen molar-refractivity contribution in [3.8, 4) is 10.4 Å². The summed E-state index contributed by atoms with van der Waals surface area (Å²) in [6.45, 7) is 0.654. The smallest absolute Gasteiger partial charge is 0.131 e. The Labute approximate surface area is 135 Å². The third-order valence-corrected chi connectivity index (χ3v) is 4.77. The molecule has 0 bridgehead atoms. The van der Waals surface area contributed by atoms with Gasteiger partial charge in [-0.1, -0.05) is 24.3 Å². The van der Waals surface area contributed by atoms with E-state index in [0.717, 1.165) is 20.6 Å². The van der Waals surface area contributed by atoms with Gasteiger partial charge in [-0.25, -0.2) is 4.39 Å². The second-order valence-corrected chi connectivity index (χ2v) is 6.43. The zero-order valence-corrected chi connectivity index (χ0v) is 13.5. The molecule has 0 saturated carbocycles. The molecule has 3 rings (SSSR count). The Bertz CT molecular complexity index is 740. The molecule has 21 heavy (non-hydrogen) atoms. The molecule has 0 aliphatic rings. The number of rotatable bonds is 4. The van der Waals surface area contributed by atoms with Gasteiger partial charge in [0.05, 0.1) is 0 Å². The van der Waals surface area contributed by atoms with E-state index in [-0.39, 0.29) is 5.82 Å². The monoisotopic (exact) mass is 361 g/mol. The lowest BCUT2D eigenvalue weighted by Crippen LogP contribution is -2.00. The molecule has 106 valence electrons. The molecule has 2 aromatic carbocycles. The molecule has 0 aliphatic heterocycles. The summed E-state index contributed by atoms with van der Waals surface area (Å²) in [5, 5.41) is 5.31. The van der Waals surface area contributed by atoms with Crippen LogP contribution < -0.4 is 5.32 Å². The Morgan fingerprint density at radius 2 is 1.90 bits per heavy atom. The van der Waals surface area contributed by atoms with Gasteiger partial charge in [0.25, 0.3) is 0 Å². The zero-order chi connectivity index (χ0) is 14.7. The fraction of sp³-hybridized carbons (Fsp3) is 0.0588. The highest BCUT2D eigenvalue weighted by atomic mass is 79.9. The number of thiophene rings is 1. The van der Waals surface area contributed by atoms with Crippen LogP contribution in [0.15, 0.2) is 64.5 Å². The topological polar surface area (TPSA) is 12.0 Å². The normalized spacial score (nSPS) is 10.6. The van der Waals surface area contributed by atoms with E-state index in [1.54, 1.807) is 11.3 Å². The van der Waals surface area contributed by atoms with Gasteiger partial charge in [0.15, 0.2) is 0 Å². The summed E-state index contributed by atoms with van der Waals surface area (Å²) in [5.74, 6) is -0.179. The minimum Gasteiger partial charge on any atom is -0.380 e. The highest BCUT2D eigenvalue weighted by molar-refractivity contribution is 9.10. The maximum absolute atomic E-state index is 13.9. The molecule has 4 heteroatoms. The third-order valence-electron chi connectivity index (χ3n) is 3.17. The number of hydrogen-bond acceptors (Lipinski definition) is 2. The standard InChI is InChI=1S/C17H13BrFNS/c18-14-4-1-2-5-16(14)20-11-12-7-8-15(19)13(10-12)17-6-3-9-21-17/h1-10,20H,11H2. The van der Waals surface area contributed by atoms with Crippen molar-refractivity contribution < 1.29 is 4.39 Å². The summed E-state index contributed by atoms with van der Waals surface area (Å²) < 4.78 is 15.0. The highest BCUT2D eigenvalue weighted by Gasteiger charge is 2.07. The van der Waals surface area contributed by atoms with Gasteiger partial charge < -0.3 is 5.32 Å². The molecule has 1 nitrogen and oxygen atoms in total. The SMILES string of the molecule is Fc1ccc(CNc2ccccc2Br)cc1-c1cccs1. The summed E-state index contributed by atoms with van der Waals surface area (Å²) >= 11 is 5.05. The van der Waals surface area contributed by atoms with Gasteiger partial charge in [0.1, 0.15) is 5.82 Å². The van der Waals surface area contributed by atoms with E-state index < -0.39 is 0 Å². The number of benzene rings is 2. The van der Waals surface area contributed by atoms with Crippen LogP contribution in [-0.2, 0) is 6.54 Å². The van der Waals surface area contributed by atoms with Crippen LogP contribution in [0.5, 0.6) is 0 Å². The molecule has 0 radical (unpaired) electrons. The molecule has 0 unspecified atom stereocenters. The van der Waals surface area contributed by atoms with Gasteiger partial charge in [0.2, 0.25) is 0 Å². The summed E-state index contributed by atoms with van der Waals surface area (Å²) in [7, 11) is 0. The maximum Gasteiger partial charge on any atom is 0.131 e. The average Bonchev–Trinajstić information content (AvgIpc) is 3.02. The molecule has 1 aromatic heterocycles. The number of nitrogens with one attached hydrogen (secondary N) is 1. The number of para-hydroxylation sites is 1. The summed E-state index contributed by atoms with van der Waals surface area (Å²) in [4.78, 5) is 0.954. The molecule has 0 amide bonds. The molecular formula is C17H13BrFNS. The second-order valence-electron chi connectivity index (χ2n) is 4.62. The Hall–Kier alpha value is -1.65. The predicted molar refractivity (Wildman–Crippen MR) is 91.2 cm³/mol. The molecule has 0 fully saturated rings. The van der Waals surface area contributed by atoms with Crippen LogP contribution in [0.4, 0.5) is 10.1 Å². The van der Waals surface area contributed by atoms with E-state index in [0.29, 0.717) is 12.1 Å². The van der Waals surface area contributed by atoms with Gasteiger partial charge >= 0.3 is 0 Å². The summed E-state index contributed by atoms with van der Waals surface area (Å²) in [6, 6.07) is 17.1. The van der Waals surface area contributed by atoms with Crippen molar-refractivity contribution >= 4 is 33.0 Å². The van der Waals surface area contributed by atoms with Crippen LogP contribution in [-0.4, -0.2) is 0 Å². The Morgan fingerprint density at radius 1 is 1.05 bits per heavy atom. The first-order valence-electron chi connectivity index (χ1n) is 6.55. The lowest BCUT2D eigenvalue weighted by Gasteiger charge is -2.10. The van der Waals surface area contributed by atoms with Crippen LogP contribution in [0.25, 0.3) is 10.4 Å². The molecular weight excluding hydrogens is 349 g/mol. The molecule has 1 N–H and O–H groups in total. The second kappa shape index (κ2) is 6.41. The zero-order valence-electron chi connectivity index (χ0n) is 11.1. The number of anilines is 1. The Morgan fingerprint density at radius 3 is 2.67 bits per heavy atom. The molecule has 1 heterocycles. The molecule has 3 aromatic rings. The first-order valence-corrected chi connectivity index (χ1v) is 8.22. The fourth-order valence-corrected chi connectivity index (χ4v) is 3.27. The highest BCUT2D eigenvalue weighted by Crippen LogP contribution is 2.29. The minimum absolute atomic E-state index is 0.179. The predicted octanol–water partition coefficient (Wildman–Crippen LogP) is 5.93. The van der Waals surface area contributed by atoms with Crippen molar-refractivity contribution in [3.63, 3.8) is 0 Å². The third kappa shape index (κ3) is 3.34. The molecule has 0 aliphatic carbocycles. The van der Waals surface area contributed by atoms with Crippen molar-refractivity contribution in [2.45, 2.75) is 6.54 Å². The van der Waals surface area contributed by atoms with Crippen LogP contribution >= 0.6 is 27.3 Å². The van der Waals surface area contributed by atoms with Gasteiger partial charge in [-0.3, -0.25) is 0 Å². The van der Waals surface area contributed by atoms with Gasteiger partial charge in [-0.15, -0.1) is 11.3 Å². The van der Waals surface area contributed by atoms with E-state index in [4.69, 9.17) is 0 Å². The van der Waals surface area contributed by atoms with Crippen molar-refractivity contribution in [1.29, 1.82) is 0 Å². The van der Waals surface area contributed by atoms with Crippen molar-refractivity contribution in [3.05, 3.63) is 75.8 Å². The number of halogens is 2. The van der Waals surface area contributed by atoms with Gasteiger partial charge in [-0.05, 0) is 57.2 Å². The number of hydrogen-bond donors (Lipinski definition) is 1. The van der Waals surface area contributed by atoms with Gasteiger partial charge in [-0.2, -0.15) is 0 Å². The van der Waals surface area contributed by atoms with E-state index in [9.17, 15) is 4.39 Å². The van der Waals surface area contributed by atoms with Crippen LogP contribution in [0.1, 0.15) is 5.56 Å². The first-order chi connectivity index (χ1) is 10.2. The molecule has 0 saturated heterocycles. The van der Waals surface area contributed by atoms with Gasteiger partial charge in [0, 0.05) is 27.1 Å². The van der Waals surface area contributed by atoms with E-state index in [1.807, 2.05) is 53.9 Å². The van der Waals surface area contributed by atoms with Crippen LogP contribution in [0.3, 0.4) is 0 Å². The van der Waals surface area contributed by atoms with Crippen molar-refractivity contribution in [2.75, 3.05) is 5.32 Å². The first kappa shape index (κ1) is 14.3. The minimum atomic E-state index is -0.179. The van der Waals surface area contributed by atoms with Crippen LogP contribution in [0, 0.1) is 5.82 Å². The molecule has 0 atom stereocenters. The largest absolute Gasteiger partial charge is 0.380 e. The summed E-state index contributed by atoms with van der Waals surface area (Å²) in [5.41, 5.74) is 2.74. The lowest BCUT2D eigenvalue weighted by molar-refractivity contribution is 0.631. The average molecular weight is 362 g/mol. The quantitative estimate of drug-likeness (QED) is 0.607. The molecule has 0 spiro atoms. The van der Waals surface area contributed by atoms with Crippen molar-refractivity contribution in [1.82, 2.24) is 0 Å². The van der Waals surface area contributed by atoms with Crippen LogP contribution in [0.2, 0.25) is 0 Å². The fourth-order valence-electron chi connectivity index (χ4n) is 2.10. The summed E-state index contributed by atoms with van der Waals surface area (Å²) in [6.07, 6.45) is 0.